The Morgan fingerprint density at radius 2 is 2.08 bits per heavy atom. The molecular weight excluding hydrogens is 304 g/mol. The summed E-state index contributed by atoms with van der Waals surface area (Å²) in [5.41, 5.74) is 2.01. The zero-order valence-electron chi connectivity index (χ0n) is 14.2. The first kappa shape index (κ1) is 15.8. The Morgan fingerprint density at radius 1 is 1.29 bits per heavy atom. The Hall–Kier alpha value is -1.68. The van der Waals surface area contributed by atoms with E-state index in [2.05, 4.69) is 6.92 Å². The first-order chi connectivity index (χ1) is 11.4. The van der Waals surface area contributed by atoms with Crippen LogP contribution >= 0.6 is 0 Å². The van der Waals surface area contributed by atoms with Crippen molar-refractivity contribution in [2.75, 3.05) is 0 Å². The Bertz CT molecular complexity index is 710. The van der Waals surface area contributed by atoms with E-state index in [1.807, 2.05) is 18.2 Å². The van der Waals surface area contributed by atoms with Crippen LogP contribution in [0.1, 0.15) is 56.6 Å². The summed E-state index contributed by atoms with van der Waals surface area (Å²) in [5, 5.41) is 10.9. The third kappa shape index (κ3) is 2.23. The lowest BCUT2D eigenvalue weighted by molar-refractivity contribution is -0.133. The molecule has 0 heterocycles. The molecule has 0 bridgehead atoms. The van der Waals surface area contributed by atoms with Crippen molar-refractivity contribution in [3.63, 3.8) is 0 Å². The molecule has 1 aromatic rings. The van der Waals surface area contributed by atoms with Crippen LogP contribution in [0.5, 0.6) is 5.75 Å². The van der Waals surface area contributed by atoms with Crippen molar-refractivity contribution < 1.29 is 19.4 Å². The van der Waals surface area contributed by atoms with Gasteiger partial charge in [0.2, 0.25) is 0 Å². The van der Waals surface area contributed by atoms with E-state index >= 15 is 0 Å². The summed E-state index contributed by atoms with van der Waals surface area (Å²) >= 11 is 0. The average molecular weight is 328 g/mol. The van der Waals surface area contributed by atoms with Crippen LogP contribution < -0.4 is 4.74 Å². The molecule has 0 unspecified atom stereocenters. The second kappa shape index (κ2) is 5.41. The number of aryl methyl sites for hydroxylation is 1. The fourth-order valence-electron chi connectivity index (χ4n) is 5.64. The summed E-state index contributed by atoms with van der Waals surface area (Å²) in [6.07, 6.45) is 3.63. The summed E-state index contributed by atoms with van der Waals surface area (Å²) in [6.45, 7) is 3.46. The number of aliphatic hydroxyl groups excluding tert-OH is 1. The highest BCUT2D eigenvalue weighted by Crippen LogP contribution is 2.59. The van der Waals surface area contributed by atoms with Crippen molar-refractivity contribution in [3.8, 4) is 5.75 Å². The predicted molar refractivity (Wildman–Crippen MR) is 88.8 cm³/mol. The number of Topliss-reactive ketones (excluding diaryl/α,β-unsaturated/α-hetero) is 1. The molecule has 2 fully saturated rings. The quantitative estimate of drug-likeness (QED) is 0.636. The smallest absolute Gasteiger partial charge is 0.308 e. The normalized spacial score (nSPS) is 37.4. The lowest BCUT2D eigenvalue weighted by Crippen LogP contribution is -2.48. The SMILES string of the molecule is CC(=O)Oc1ccc2c(c1)CC[C@@H]1[C@@H]2[C@H](O)C[C@@]2(C)C(=O)CC[C@@H]12. The van der Waals surface area contributed by atoms with E-state index in [-0.39, 0.29) is 17.3 Å². The summed E-state index contributed by atoms with van der Waals surface area (Å²) in [6, 6.07) is 5.77. The molecule has 4 rings (SSSR count). The van der Waals surface area contributed by atoms with Crippen LogP contribution in [0.3, 0.4) is 0 Å². The van der Waals surface area contributed by atoms with Gasteiger partial charge in [-0.15, -0.1) is 0 Å². The predicted octanol–water partition coefficient (Wildman–Crippen LogP) is 3.01. The molecule has 1 aromatic carbocycles. The topological polar surface area (TPSA) is 63.6 Å². The van der Waals surface area contributed by atoms with Crippen LogP contribution in [0.4, 0.5) is 0 Å². The highest BCUT2D eigenvalue weighted by molar-refractivity contribution is 5.87. The summed E-state index contributed by atoms with van der Waals surface area (Å²) in [5.74, 6) is 1.45. The highest BCUT2D eigenvalue weighted by atomic mass is 16.5. The zero-order valence-corrected chi connectivity index (χ0v) is 14.2. The number of hydrogen-bond donors (Lipinski definition) is 1. The largest absolute Gasteiger partial charge is 0.427 e. The van der Waals surface area contributed by atoms with E-state index < -0.39 is 6.10 Å². The Balaban J connectivity index is 1.70. The molecule has 3 aliphatic rings. The van der Waals surface area contributed by atoms with Gasteiger partial charge in [0.05, 0.1) is 6.10 Å². The highest BCUT2D eigenvalue weighted by Gasteiger charge is 2.57. The lowest BCUT2D eigenvalue weighted by Gasteiger charge is -2.50. The number of carbonyl (C=O) groups excluding carboxylic acids is 2. The Kier molecular flexibility index (Phi) is 3.57. The number of esters is 1. The molecule has 1 N–H and O–H groups in total. The fourth-order valence-corrected chi connectivity index (χ4v) is 5.64. The summed E-state index contributed by atoms with van der Waals surface area (Å²) in [4.78, 5) is 23.5. The number of aliphatic hydroxyl groups is 1. The third-order valence-electron chi connectivity index (χ3n) is 6.65. The molecule has 0 aliphatic heterocycles. The van der Waals surface area contributed by atoms with Gasteiger partial charge in [0.15, 0.2) is 0 Å². The number of ether oxygens (including phenoxy) is 1. The van der Waals surface area contributed by atoms with Gasteiger partial charge in [-0.05, 0) is 60.8 Å². The van der Waals surface area contributed by atoms with Crippen molar-refractivity contribution in [1.82, 2.24) is 0 Å². The van der Waals surface area contributed by atoms with Gasteiger partial charge >= 0.3 is 5.97 Å². The minimum Gasteiger partial charge on any atom is -0.427 e. The number of rotatable bonds is 1. The number of fused-ring (bicyclic) bond motifs is 5. The molecule has 0 saturated heterocycles. The van der Waals surface area contributed by atoms with Gasteiger partial charge in [-0.2, -0.15) is 0 Å². The van der Waals surface area contributed by atoms with Gasteiger partial charge < -0.3 is 9.84 Å². The van der Waals surface area contributed by atoms with Gasteiger partial charge in [0.1, 0.15) is 11.5 Å². The lowest BCUT2D eigenvalue weighted by atomic mass is 9.54. The fraction of sp³-hybridized carbons (Fsp3) is 0.600. The zero-order chi connectivity index (χ0) is 17.1. The molecule has 128 valence electrons. The maximum Gasteiger partial charge on any atom is 0.308 e. The van der Waals surface area contributed by atoms with E-state index in [4.69, 9.17) is 4.74 Å². The third-order valence-corrected chi connectivity index (χ3v) is 6.65. The van der Waals surface area contributed by atoms with Crippen LogP contribution in [-0.4, -0.2) is 23.0 Å². The number of ketones is 1. The maximum atomic E-state index is 12.4. The molecule has 2 saturated carbocycles. The van der Waals surface area contributed by atoms with Crippen LogP contribution in [0.15, 0.2) is 18.2 Å². The van der Waals surface area contributed by atoms with Crippen molar-refractivity contribution in [1.29, 1.82) is 0 Å². The van der Waals surface area contributed by atoms with E-state index in [1.54, 1.807) is 0 Å². The molecule has 5 atom stereocenters. The van der Waals surface area contributed by atoms with Crippen molar-refractivity contribution in [2.45, 2.75) is 58.0 Å². The van der Waals surface area contributed by atoms with Gasteiger partial charge in [0.25, 0.3) is 0 Å². The molecular formula is C20H24O4. The van der Waals surface area contributed by atoms with Gasteiger partial charge in [-0.1, -0.05) is 13.0 Å². The maximum absolute atomic E-state index is 12.4. The molecule has 0 radical (unpaired) electrons. The van der Waals surface area contributed by atoms with Crippen LogP contribution in [-0.2, 0) is 16.0 Å². The van der Waals surface area contributed by atoms with Gasteiger partial charge in [-0.25, -0.2) is 0 Å². The molecule has 0 aromatic heterocycles. The Morgan fingerprint density at radius 3 is 2.83 bits per heavy atom. The number of benzene rings is 1. The van der Waals surface area contributed by atoms with Crippen LogP contribution in [0.2, 0.25) is 0 Å². The molecule has 0 amide bonds. The van der Waals surface area contributed by atoms with Gasteiger partial charge in [0, 0.05) is 24.7 Å². The van der Waals surface area contributed by atoms with Crippen molar-refractivity contribution in [3.05, 3.63) is 29.3 Å². The standard InChI is InChI=1S/C20H24O4/c1-11(21)24-13-4-6-14-12(9-13)3-5-15-16-7-8-18(23)20(16,2)10-17(22)19(14)15/h4,6,9,15-17,19,22H,3,5,7-8,10H2,1-2H3/t15-,16-,17+,19+,20+/m0/s1. The van der Waals surface area contributed by atoms with E-state index in [0.29, 0.717) is 36.2 Å². The first-order valence-electron chi connectivity index (χ1n) is 8.93. The molecule has 4 heteroatoms. The first-order valence-corrected chi connectivity index (χ1v) is 8.93. The number of hydrogen-bond acceptors (Lipinski definition) is 4. The van der Waals surface area contributed by atoms with E-state index in [0.717, 1.165) is 19.3 Å². The molecule has 0 spiro atoms. The van der Waals surface area contributed by atoms with E-state index in [1.165, 1.54) is 18.1 Å². The van der Waals surface area contributed by atoms with Crippen LogP contribution in [0, 0.1) is 17.3 Å². The monoisotopic (exact) mass is 328 g/mol. The average Bonchev–Trinajstić information content (AvgIpc) is 2.81. The minimum absolute atomic E-state index is 0.101. The molecule has 4 nitrogen and oxygen atoms in total. The number of carbonyl (C=O) groups is 2. The molecule has 24 heavy (non-hydrogen) atoms. The van der Waals surface area contributed by atoms with E-state index in [9.17, 15) is 14.7 Å². The summed E-state index contributed by atoms with van der Waals surface area (Å²) in [7, 11) is 0. The molecule has 3 aliphatic carbocycles. The minimum atomic E-state index is -0.475. The summed E-state index contributed by atoms with van der Waals surface area (Å²) < 4.78 is 5.20. The van der Waals surface area contributed by atoms with Crippen molar-refractivity contribution >= 4 is 11.8 Å². The van der Waals surface area contributed by atoms with Crippen LogP contribution in [0.25, 0.3) is 0 Å². The van der Waals surface area contributed by atoms with Gasteiger partial charge in [-0.3, -0.25) is 9.59 Å². The second-order valence-electron chi connectivity index (χ2n) is 7.94. The Labute approximate surface area is 142 Å². The second-order valence-corrected chi connectivity index (χ2v) is 7.94. The van der Waals surface area contributed by atoms with Crippen molar-refractivity contribution in [2.24, 2.45) is 17.3 Å².